The van der Waals surface area contributed by atoms with E-state index in [-0.39, 0.29) is 17.1 Å². The van der Waals surface area contributed by atoms with Crippen molar-refractivity contribution in [3.63, 3.8) is 0 Å². The summed E-state index contributed by atoms with van der Waals surface area (Å²) in [4.78, 5) is 15.3. The molecule has 0 saturated carbocycles. The first kappa shape index (κ1) is 15.4. The van der Waals surface area contributed by atoms with Gasteiger partial charge in [0.25, 0.3) is 0 Å². The van der Waals surface area contributed by atoms with Crippen molar-refractivity contribution in [2.75, 3.05) is 0 Å². The molecule has 0 amide bonds. The number of hydrogen-bond donors (Lipinski definition) is 1. The number of hydrogen-bond acceptors (Lipinski definition) is 3. The summed E-state index contributed by atoms with van der Waals surface area (Å²) in [5, 5.41) is 9.23. The number of carboxylic acids is 1. The number of nitrogens with zero attached hydrogens (tertiary/aromatic N) is 1. The van der Waals surface area contributed by atoms with E-state index < -0.39 is 23.2 Å². The highest BCUT2D eigenvalue weighted by atomic mass is 19.1. The zero-order chi connectivity index (χ0) is 16.8. The van der Waals surface area contributed by atoms with Crippen molar-refractivity contribution < 1.29 is 23.4 Å². The highest BCUT2D eigenvalue weighted by Gasteiger charge is 2.31. The predicted molar refractivity (Wildman–Crippen MR) is 79.6 cm³/mol. The second-order valence-electron chi connectivity index (χ2n) is 6.13. The monoisotopic (exact) mass is 319 g/mol. The first-order chi connectivity index (χ1) is 10.8. The van der Waals surface area contributed by atoms with Crippen LogP contribution in [0.5, 0.6) is 5.88 Å². The van der Waals surface area contributed by atoms with Gasteiger partial charge in [-0.05, 0) is 50.5 Å². The van der Waals surface area contributed by atoms with Gasteiger partial charge in [-0.15, -0.1) is 0 Å². The largest absolute Gasteiger partial charge is 0.477 e. The van der Waals surface area contributed by atoms with Gasteiger partial charge < -0.3 is 9.84 Å². The van der Waals surface area contributed by atoms with E-state index in [0.29, 0.717) is 24.0 Å². The molecule has 0 spiro atoms. The van der Waals surface area contributed by atoms with Crippen molar-refractivity contribution in [3.05, 3.63) is 47.2 Å². The van der Waals surface area contributed by atoms with E-state index in [0.717, 1.165) is 12.1 Å². The summed E-state index contributed by atoms with van der Waals surface area (Å²) in [7, 11) is 0. The van der Waals surface area contributed by atoms with Crippen molar-refractivity contribution in [2.45, 2.75) is 32.3 Å². The minimum Gasteiger partial charge on any atom is -0.477 e. The summed E-state index contributed by atoms with van der Waals surface area (Å²) in [6.07, 6.45) is 1.26. The van der Waals surface area contributed by atoms with Gasteiger partial charge in [0.1, 0.15) is 17.2 Å². The highest BCUT2D eigenvalue weighted by Crippen LogP contribution is 2.39. The number of rotatable bonds is 2. The minimum atomic E-state index is -1.23. The van der Waals surface area contributed by atoms with E-state index in [1.807, 2.05) is 13.8 Å². The van der Waals surface area contributed by atoms with Gasteiger partial charge in [0.2, 0.25) is 5.88 Å². The highest BCUT2D eigenvalue weighted by molar-refractivity contribution is 5.88. The molecule has 2 heterocycles. The van der Waals surface area contributed by atoms with Gasteiger partial charge in [-0.25, -0.2) is 18.6 Å². The molecule has 1 aliphatic heterocycles. The molecule has 120 valence electrons. The van der Waals surface area contributed by atoms with Crippen molar-refractivity contribution >= 4 is 5.97 Å². The Bertz CT molecular complexity index is 803. The van der Waals surface area contributed by atoms with Crippen LogP contribution in [0.4, 0.5) is 8.78 Å². The van der Waals surface area contributed by atoms with E-state index in [4.69, 9.17) is 4.74 Å². The van der Waals surface area contributed by atoms with Crippen LogP contribution in [0.3, 0.4) is 0 Å². The number of aromatic nitrogens is 1. The van der Waals surface area contributed by atoms with Crippen LogP contribution < -0.4 is 4.74 Å². The fraction of sp³-hybridized carbons (Fsp3) is 0.294. The van der Waals surface area contributed by atoms with E-state index in [9.17, 15) is 18.7 Å². The Labute approximate surface area is 131 Å². The molecule has 0 aliphatic carbocycles. The fourth-order valence-corrected chi connectivity index (χ4v) is 2.67. The maximum Gasteiger partial charge on any atom is 0.354 e. The molecule has 0 fully saturated rings. The molecule has 1 N–H and O–H groups in total. The van der Waals surface area contributed by atoms with Crippen LogP contribution in [0.1, 0.15) is 36.3 Å². The maximum atomic E-state index is 14.1. The van der Waals surface area contributed by atoms with Crippen LogP contribution >= 0.6 is 0 Å². The number of ether oxygens (including phenoxy) is 1. The number of pyridine rings is 1. The number of benzene rings is 1. The standard InChI is InChI=1S/C17H15F2NO3/c1-17(2)6-5-11-12(10-4-3-9(18)7-13(10)19)8-14(16(21)22)20-15(11)23-17/h3-4,7-8H,5-6H2,1-2H3,(H,21,22). The quantitative estimate of drug-likeness (QED) is 0.914. The van der Waals surface area contributed by atoms with Crippen molar-refractivity contribution in [3.8, 4) is 17.0 Å². The Morgan fingerprint density at radius 3 is 2.65 bits per heavy atom. The molecule has 1 aliphatic rings. The van der Waals surface area contributed by atoms with Gasteiger partial charge >= 0.3 is 5.97 Å². The lowest BCUT2D eigenvalue weighted by Gasteiger charge is -2.32. The first-order valence-corrected chi connectivity index (χ1v) is 7.18. The zero-order valence-corrected chi connectivity index (χ0v) is 12.7. The molecule has 2 aromatic rings. The molecule has 4 nitrogen and oxygen atoms in total. The molecule has 6 heteroatoms. The molecule has 1 aromatic heterocycles. The van der Waals surface area contributed by atoms with Gasteiger partial charge in [0, 0.05) is 17.2 Å². The Balaban J connectivity index is 2.23. The molecule has 0 radical (unpaired) electrons. The van der Waals surface area contributed by atoms with Crippen LogP contribution in [0, 0.1) is 11.6 Å². The molecule has 3 rings (SSSR count). The Morgan fingerprint density at radius 2 is 2.00 bits per heavy atom. The van der Waals surface area contributed by atoms with Gasteiger partial charge in [0.05, 0.1) is 0 Å². The van der Waals surface area contributed by atoms with Crippen molar-refractivity contribution in [1.29, 1.82) is 0 Å². The summed E-state index contributed by atoms with van der Waals surface area (Å²) in [5.74, 6) is -2.48. The third-order valence-electron chi connectivity index (χ3n) is 3.88. The molecular weight excluding hydrogens is 304 g/mol. The van der Waals surface area contributed by atoms with Crippen molar-refractivity contribution in [1.82, 2.24) is 4.98 Å². The van der Waals surface area contributed by atoms with Crippen LogP contribution in [-0.4, -0.2) is 21.7 Å². The topological polar surface area (TPSA) is 59.4 Å². The summed E-state index contributed by atoms with van der Waals surface area (Å²) in [6.45, 7) is 3.76. The Morgan fingerprint density at radius 1 is 1.26 bits per heavy atom. The SMILES string of the molecule is CC1(C)CCc2c(-c3ccc(F)cc3F)cc(C(=O)O)nc2O1. The number of halogens is 2. The molecular formula is C17H15F2NO3. The Hall–Kier alpha value is -2.50. The Kier molecular flexibility index (Phi) is 3.55. The fourth-order valence-electron chi connectivity index (χ4n) is 2.67. The molecule has 0 unspecified atom stereocenters. The third kappa shape index (κ3) is 2.88. The lowest BCUT2D eigenvalue weighted by atomic mass is 9.90. The predicted octanol–water partition coefficient (Wildman–Crippen LogP) is 3.83. The molecule has 1 aromatic carbocycles. The van der Waals surface area contributed by atoms with Crippen LogP contribution in [0.2, 0.25) is 0 Å². The first-order valence-electron chi connectivity index (χ1n) is 7.18. The summed E-state index contributed by atoms with van der Waals surface area (Å²) in [6, 6.07) is 4.51. The lowest BCUT2D eigenvalue weighted by Crippen LogP contribution is -2.33. The lowest BCUT2D eigenvalue weighted by molar-refractivity contribution is 0.0663. The molecule has 0 atom stereocenters. The normalized spacial score (nSPS) is 15.7. The minimum absolute atomic E-state index is 0.135. The number of fused-ring (bicyclic) bond motifs is 1. The van der Waals surface area contributed by atoms with Gasteiger partial charge in [-0.3, -0.25) is 0 Å². The molecule has 0 saturated heterocycles. The second kappa shape index (κ2) is 5.30. The maximum absolute atomic E-state index is 14.1. The van der Waals surface area contributed by atoms with Crippen LogP contribution in [0.25, 0.3) is 11.1 Å². The molecule has 23 heavy (non-hydrogen) atoms. The van der Waals surface area contributed by atoms with Crippen LogP contribution in [0.15, 0.2) is 24.3 Å². The van der Waals surface area contributed by atoms with Gasteiger partial charge in [-0.2, -0.15) is 0 Å². The number of aromatic carboxylic acids is 1. The summed E-state index contributed by atoms with van der Waals surface area (Å²) < 4.78 is 33.0. The van der Waals surface area contributed by atoms with E-state index in [1.165, 1.54) is 12.1 Å². The average molecular weight is 319 g/mol. The summed E-state index contributed by atoms with van der Waals surface area (Å²) >= 11 is 0. The van der Waals surface area contributed by atoms with Gasteiger partial charge in [0.15, 0.2) is 5.69 Å². The van der Waals surface area contributed by atoms with E-state index >= 15 is 0 Å². The average Bonchev–Trinajstić information content (AvgIpc) is 2.44. The number of carboxylic acid groups (broad SMARTS) is 1. The van der Waals surface area contributed by atoms with Crippen LogP contribution in [-0.2, 0) is 6.42 Å². The molecule has 0 bridgehead atoms. The van der Waals surface area contributed by atoms with E-state index in [2.05, 4.69) is 4.98 Å². The second-order valence-corrected chi connectivity index (χ2v) is 6.13. The summed E-state index contributed by atoms with van der Waals surface area (Å²) in [5.41, 5.74) is 0.437. The third-order valence-corrected chi connectivity index (χ3v) is 3.88. The number of carbonyl (C=O) groups is 1. The van der Waals surface area contributed by atoms with E-state index in [1.54, 1.807) is 0 Å². The zero-order valence-electron chi connectivity index (χ0n) is 12.7. The van der Waals surface area contributed by atoms with Gasteiger partial charge in [-0.1, -0.05) is 0 Å². The van der Waals surface area contributed by atoms with Crippen molar-refractivity contribution in [2.24, 2.45) is 0 Å². The smallest absolute Gasteiger partial charge is 0.354 e.